The van der Waals surface area contributed by atoms with Gasteiger partial charge in [-0.25, -0.2) is 14.3 Å². The molecule has 0 saturated heterocycles. The van der Waals surface area contributed by atoms with E-state index >= 15 is 0 Å². The van der Waals surface area contributed by atoms with Crippen LogP contribution in [0.25, 0.3) is 0 Å². The van der Waals surface area contributed by atoms with Gasteiger partial charge >= 0.3 is 0 Å². The second kappa shape index (κ2) is 6.84. The van der Waals surface area contributed by atoms with Crippen molar-refractivity contribution in [2.75, 3.05) is 18.4 Å². The van der Waals surface area contributed by atoms with Gasteiger partial charge in [-0.15, -0.1) is 0 Å². The summed E-state index contributed by atoms with van der Waals surface area (Å²) in [5.41, 5.74) is 2.57. The molecule has 0 unspecified atom stereocenters. The van der Waals surface area contributed by atoms with Gasteiger partial charge in [0.15, 0.2) is 0 Å². The molecule has 7 heteroatoms. The lowest BCUT2D eigenvalue weighted by Gasteiger charge is -2.25. The quantitative estimate of drug-likeness (QED) is 0.716. The second-order valence-electron chi connectivity index (χ2n) is 6.14. The molecular weight excluding hydrogens is 302 g/mol. The summed E-state index contributed by atoms with van der Waals surface area (Å²) < 4.78 is 3.89. The lowest BCUT2D eigenvalue weighted by molar-refractivity contribution is 0.391. The Labute approximate surface area is 140 Å². The molecule has 24 heavy (non-hydrogen) atoms. The lowest BCUT2D eigenvalue weighted by atomic mass is 10.1. The van der Waals surface area contributed by atoms with Gasteiger partial charge < -0.3 is 10.6 Å². The first-order chi connectivity index (χ1) is 11.9. The first-order valence-corrected chi connectivity index (χ1v) is 8.24. The van der Waals surface area contributed by atoms with Gasteiger partial charge in [0.05, 0.1) is 12.7 Å². The van der Waals surface area contributed by atoms with Gasteiger partial charge in [-0.1, -0.05) is 24.3 Å². The van der Waals surface area contributed by atoms with Gasteiger partial charge in [-0.05, 0) is 11.1 Å². The minimum absolute atomic E-state index is 0.542. The number of hydrogen-bond acceptors (Lipinski definition) is 5. The number of aromatic nitrogens is 5. The molecule has 0 saturated carbocycles. The predicted octanol–water partition coefficient (Wildman–Crippen LogP) is 1.35. The molecule has 1 aromatic carbocycles. The molecule has 2 aromatic heterocycles. The van der Waals surface area contributed by atoms with Crippen LogP contribution >= 0.6 is 0 Å². The van der Waals surface area contributed by atoms with E-state index in [0.717, 1.165) is 38.5 Å². The average molecular weight is 323 g/mol. The van der Waals surface area contributed by atoms with Crippen molar-refractivity contribution in [2.24, 2.45) is 5.92 Å². The molecule has 0 aliphatic carbocycles. The van der Waals surface area contributed by atoms with Gasteiger partial charge in [0.2, 0.25) is 0 Å². The molecule has 7 nitrogen and oxygen atoms in total. The summed E-state index contributed by atoms with van der Waals surface area (Å²) in [5.74, 6) is 1.66. The Morgan fingerprint density at radius 1 is 1.17 bits per heavy atom. The molecule has 0 spiro atoms. The summed E-state index contributed by atoms with van der Waals surface area (Å²) >= 11 is 0. The van der Waals surface area contributed by atoms with Crippen LogP contribution in [-0.2, 0) is 19.6 Å². The SMILES string of the molecule is c1ccc(Cn2cncn2)c(CNC[C@H]2CNc3ccnn3C2)c1. The molecule has 0 radical (unpaired) electrons. The Balaban J connectivity index is 1.33. The van der Waals surface area contributed by atoms with E-state index in [0.29, 0.717) is 5.92 Å². The second-order valence-corrected chi connectivity index (χ2v) is 6.14. The number of anilines is 1. The summed E-state index contributed by atoms with van der Waals surface area (Å²) in [6.07, 6.45) is 5.17. The van der Waals surface area contributed by atoms with Gasteiger partial charge in [-0.2, -0.15) is 10.2 Å². The van der Waals surface area contributed by atoms with Gasteiger partial charge in [0, 0.05) is 38.2 Å². The van der Waals surface area contributed by atoms with Gasteiger partial charge in [0.1, 0.15) is 18.5 Å². The van der Waals surface area contributed by atoms with Crippen LogP contribution in [0.4, 0.5) is 5.82 Å². The van der Waals surface area contributed by atoms with Crippen molar-refractivity contribution < 1.29 is 0 Å². The van der Waals surface area contributed by atoms with Crippen LogP contribution in [0.3, 0.4) is 0 Å². The molecule has 2 N–H and O–H groups in total. The maximum absolute atomic E-state index is 4.34. The summed E-state index contributed by atoms with van der Waals surface area (Å²) in [4.78, 5) is 4.01. The Bertz CT molecular complexity index is 778. The molecule has 0 bridgehead atoms. The van der Waals surface area contributed by atoms with E-state index in [1.807, 2.05) is 21.6 Å². The van der Waals surface area contributed by atoms with Gasteiger partial charge in [0.25, 0.3) is 0 Å². The molecule has 3 aromatic rings. The highest BCUT2D eigenvalue weighted by molar-refractivity contribution is 5.35. The Morgan fingerprint density at radius 3 is 2.96 bits per heavy atom. The zero-order valence-corrected chi connectivity index (χ0v) is 13.5. The highest BCUT2D eigenvalue weighted by Gasteiger charge is 2.17. The average Bonchev–Trinajstić information content (AvgIpc) is 3.27. The van der Waals surface area contributed by atoms with Crippen molar-refractivity contribution in [1.29, 1.82) is 0 Å². The van der Waals surface area contributed by atoms with E-state index in [4.69, 9.17) is 0 Å². The smallest absolute Gasteiger partial charge is 0.137 e. The first-order valence-electron chi connectivity index (χ1n) is 8.24. The maximum Gasteiger partial charge on any atom is 0.137 e. The predicted molar refractivity (Wildman–Crippen MR) is 91.5 cm³/mol. The fourth-order valence-electron chi connectivity index (χ4n) is 3.11. The Hall–Kier alpha value is -2.67. The fraction of sp³-hybridized carbons (Fsp3) is 0.353. The zero-order valence-electron chi connectivity index (χ0n) is 13.5. The molecule has 4 rings (SSSR count). The van der Waals surface area contributed by atoms with Crippen LogP contribution in [0.5, 0.6) is 0 Å². The van der Waals surface area contributed by atoms with E-state index in [1.54, 1.807) is 12.7 Å². The highest BCUT2D eigenvalue weighted by Crippen LogP contribution is 2.16. The first kappa shape index (κ1) is 14.9. The molecule has 1 aliphatic rings. The van der Waals surface area contributed by atoms with Crippen LogP contribution in [-0.4, -0.2) is 37.6 Å². The third-order valence-corrected chi connectivity index (χ3v) is 4.39. The Morgan fingerprint density at radius 2 is 2.08 bits per heavy atom. The van der Waals surface area contributed by atoms with Crippen LogP contribution < -0.4 is 10.6 Å². The van der Waals surface area contributed by atoms with E-state index in [9.17, 15) is 0 Å². The normalized spacial score (nSPS) is 16.6. The number of benzene rings is 1. The number of hydrogen-bond donors (Lipinski definition) is 2. The van der Waals surface area contributed by atoms with E-state index in [1.165, 1.54) is 11.1 Å². The number of rotatable bonds is 6. The van der Waals surface area contributed by atoms with Crippen LogP contribution in [0, 0.1) is 5.92 Å². The lowest BCUT2D eigenvalue weighted by Crippen LogP contribution is -2.35. The number of fused-ring (bicyclic) bond motifs is 1. The highest BCUT2D eigenvalue weighted by atomic mass is 15.3. The van der Waals surface area contributed by atoms with Gasteiger partial charge in [-0.3, -0.25) is 0 Å². The number of nitrogens with zero attached hydrogens (tertiary/aromatic N) is 5. The monoisotopic (exact) mass is 323 g/mol. The fourth-order valence-corrected chi connectivity index (χ4v) is 3.11. The zero-order chi connectivity index (χ0) is 16.2. The van der Waals surface area contributed by atoms with Crippen molar-refractivity contribution in [3.63, 3.8) is 0 Å². The molecule has 1 atom stereocenters. The van der Waals surface area contributed by atoms with Crippen molar-refractivity contribution in [3.05, 3.63) is 60.3 Å². The summed E-state index contributed by atoms with van der Waals surface area (Å²) in [6, 6.07) is 10.5. The van der Waals surface area contributed by atoms with E-state index < -0.39 is 0 Å². The third kappa shape index (κ3) is 3.30. The van der Waals surface area contributed by atoms with E-state index in [-0.39, 0.29) is 0 Å². The van der Waals surface area contributed by atoms with Crippen molar-refractivity contribution in [2.45, 2.75) is 19.6 Å². The van der Waals surface area contributed by atoms with E-state index in [2.05, 4.69) is 50.1 Å². The van der Waals surface area contributed by atoms with Crippen LogP contribution in [0.15, 0.2) is 49.2 Å². The van der Waals surface area contributed by atoms with Crippen LogP contribution in [0.2, 0.25) is 0 Å². The summed E-state index contributed by atoms with van der Waals surface area (Å²) in [7, 11) is 0. The largest absolute Gasteiger partial charge is 0.370 e. The van der Waals surface area contributed by atoms with Crippen molar-refractivity contribution in [3.8, 4) is 0 Å². The molecule has 3 heterocycles. The third-order valence-electron chi connectivity index (χ3n) is 4.39. The summed E-state index contributed by atoms with van der Waals surface area (Å²) in [5, 5.41) is 15.5. The topological polar surface area (TPSA) is 72.6 Å². The van der Waals surface area contributed by atoms with Crippen molar-refractivity contribution in [1.82, 2.24) is 29.9 Å². The van der Waals surface area contributed by atoms with Crippen molar-refractivity contribution >= 4 is 5.82 Å². The minimum atomic E-state index is 0.542. The summed E-state index contributed by atoms with van der Waals surface area (Å²) in [6.45, 7) is 4.51. The molecule has 0 fully saturated rings. The molecule has 0 amide bonds. The molecular formula is C17H21N7. The maximum atomic E-state index is 4.34. The standard InChI is InChI=1S/C17H21N7/c1-2-4-16(11-23-13-19-12-22-23)15(3-1)9-18-7-14-8-20-17-5-6-21-24(17)10-14/h1-6,12-14,18,20H,7-11H2/t14-/m0/s1. The minimum Gasteiger partial charge on any atom is -0.370 e. The molecule has 1 aliphatic heterocycles. The van der Waals surface area contributed by atoms with Crippen LogP contribution in [0.1, 0.15) is 11.1 Å². The molecule has 124 valence electrons. The Kier molecular flexibility index (Phi) is 4.24. The number of nitrogens with one attached hydrogen (secondary N) is 2.